The molecule has 1 N–H and O–H groups in total. The number of fused-ring (bicyclic) bond motifs is 1. The highest BCUT2D eigenvalue weighted by atomic mass is 32.2. The van der Waals surface area contributed by atoms with E-state index < -0.39 is 0 Å². The molecule has 0 aliphatic heterocycles. The number of nitrogens with one attached hydrogen (secondary N) is 1. The van der Waals surface area contributed by atoms with Crippen LogP contribution < -0.4 is 5.32 Å². The van der Waals surface area contributed by atoms with Crippen molar-refractivity contribution in [3.8, 4) is 0 Å². The second kappa shape index (κ2) is 6.95. The first-order valence-corrected chi connectivity index (χ1v) is 9.58. The predicted octanol–water partition coefficient (Wildman–Crippen LogP) is 5.67. The van der Waals surface area contributed by atoms with Crippen molar-refractivity contribution >= 4 is 44.4 Å². The summed E-state index contributed by atoms with van der Waals surface area (Å²) >= 11 is 3.31. The molecule has 24 heavy (non-hydrogen) atoms. The fourth-order valence-electron chi connectivity index (χ4n) is 2.44. The van der Waals surface area contributed by atoms with Crippen LogP contribution in [0, 0.1) is 13.8 Å². The van der Waals surface area contributed by atoms with E-state index in [2.05, 4.69) is 43.2 Å². The summed E-state index contributed by atoms with van der Waals surface area (Å²) < 4.78 is 1.13. The van der Waals surface area contributed by atoms with Gasteiger partial charge in [-0.3, -0.25) is 10.1 Å². The van der Waals surface area contributed by atoms with E-state index in [0.717, 1.165) is 15.8 Å². The minimum absolute atomic E-state index is 0.120. The lowest BCUT2D eigenvalue weighted by atomic mass is 10.1. The third-order valence-electron chi connectivity index (χ3n) is 3.65. The van der Waals surface area contributed by atoms with Crippen molar-refractivity contribution in [1.29, 1.82) is 0 Å². The summed E-state index contributed by atoms with van der Waals surface area (Å²) in [5.74, 6) is -0.120. The fraction of sp³-hybridized carbons (Fsp3) is 0.263. The lowest BCUT2D eigenvalue weighted by Gasteiger charge is -2.06. The number of rotatable bonds is 4. The average Bonchev–Trinajstić information content (AvgIpc) is 2.96. The molecule has 1 heterocycles. The molecule has 3 nitrogen and oxygen atoms in total. The topological polar surface area (TPSA) is 42.0 Å². The molecule has 3 rings (SSSR count). The third-order valence-corrected chi connectivity index (χ3v) is 5.77. The Morgan fingerprint density at radius 1 is 1.08 bits per heavy atom. The maximum Gasteiger partial charge on any atom is 0.257 e. The number of nitrogens with zero attached hydrogens (tertiary/aromatic N) is 1. The first-order chi connectivity index (χ1) is 11.4. The van der Waals surface area contributed by atoms with E-state index in [0.29, 0.717) is 15.9 Å². The molecule has 0 unspecified atom stereocenters. The number of amides is 1. The van der Waals surface area contributed by atoms with E-state index in [1.807, 2.05) is 31.2 Å². The fourth-order valence-corrected chi connectivity index (χ4v) is 4.28. The summed E-state index contributed by atoms with van der Waals surface area (Å²) in [5.41, 5.74) is 3.93. The zero-order valence-electron chi connectivity index (χ0n) is 14.2. The van der Waals surface area contributed by atoms with Crippen LogP contribution in [0.25, 0.3) is 10.2 Å². The van der Waals surface area contributed by atoms with Crippen molar-refractivity contribution < 1.29 is 4.79 Å². The molecule has 0 spiro atoms. The van der Waals surface area contributed by atoms with E-state index in [1.54, 1.807) is 11.8 Å². The molecular formula is C19H20N2OS2. The van der Waals surface area contributed by atoms with Gasteiger partial charge in [-0.2, -0.15) is 0 Å². The Bertz CT molecular complexity index is 843. The molecular weight excluding hydrogens is 336 g/mol. The molecule has 0 fully saturated rings. The smallest absolute Gasteiger partial charge is 0.257 e. The van der Waals surface area contributed by atoms with Crippen LogP contribution in [-0.2, 0) is 0 Å². The lowest BCUT2D eigenvalue weighted by Crippen LogP contribution is -2.11. The van der Waals surface area contributed by atoms with Crippen LogP contribution in [0.2, 0.25) is 0 Å². The highest BCUT2D eigenvalue weighted by molar-refractivity contribution is 7.99. The van der Waals surface area contributed by atoms with Gasteiger partial charge in [-0.15, -0.1) is 11.8 Å². The molecule has 0 aliphatic rings. The zero-order valence-corrected chi connectivity index (χ0v) is 15.8. The van der Waals surface area contributed by atoms with Crippen molar-refractivity contribution in [2.75, 3.05) is 5.32 Å². The van der Waals surface area contributed by atoms with Gasteiger partial charge in [-0.25, -0.2) is 4.98 Å². The Labute approximate surface area is 150 Å². The van der Waals surface area contributed by atoms with Crippen LogP contribution in [-0.4, -0.2) is 16.1 Å². The molecule has 5 heteroatoms. The maximum absolute atomic E-state index is 12.4. The van der Waals surface area contributed by atoms with Crippen LogP contribution >= 0.6 is 23.1 Å². The number of aryl methyl sites for hydroxylation is 2. The van der Waals surface area contributed by atoms with E-state index in [1.165, 1.54) is 21.8 Å². The van der Waals surface area contributed by atoms with Gasteiger partial charge in [0.1, 0.15) is 0 Å². The molecule has 3 aromatic rings. The number of aromatic nitrogens is 1. The van der Waals surface area contributed by atoms with Gasteiger partial charge in [0.25, 0.3) is 5.91 Å². The number of carbonyl (C=O) groups excluding carboxylic acids is 1. The molecule has 0 saturated heterocycles. The van der Waals surface area contributed by atoms with Gasteiger partial charge in [0, 0.05) is 15.7 Å². The quantitative estimate of drug-likeness (QED) is 0.613. The molecule has 0 atom stereocenters. The Hall–Kier alpha value is -1.85. The summed E-state index contributed by atoms with van der Waals surface area (Å²) in [6.45, 7) is 8.42. The van der Waals surface area contributed by atoms with Gasteiger partial charge < -0.3 is 0 Å². The Morgan fingerprint density at radius 2 is 1.75 bits per heavy atom. The van der Waals surface area contributed by atoms with Gasteiger partial charge in [-0.05, 0) is 49.2 Å². The number of anilines is 1. The van der Waals surface area contributed by atoms with Crippen LogP contribution in [0.4, 0.5) is 5.13 Å². The lowest BCUT2D eigenvalue weighted by molar-refractivity contribution is 0.102. The van der Waals surface area contributed by atoms with Crippen molar-refractivity contribution in [3.05, 3.63) is 53.1 Å². The summed E-state index contributed by atoms with van der Waals surface area (Å²) in [6, 6.07) is 11.9. The van der Waals surface area contributed by atoms with Crippen LogP contribution in [0.5, 0.6) is 0 Å². The largest absolute Gasteiger partial charge is 0.298 e. The standard InChI is InChI=1S/C19H20N2OS2/c1-11(2)23-15-9-7-14(8-10-15)18(22)21-19-20-16-12(3)5-6-13(4)17(16)24-19/h5-11H,1-4H3,(H,20,21,22). The van der Waals surface area contributed by atoms with Crippen LogP contribution in [0.15, 0.2) is 41.3 Å². The molecule has 1 amide bonds. The van der Waals surface area contributed by atoms with Gasteiger partial charge in [-0.1, -0.05) is 37.3 Å². The highest BCUT2D eigenvalue weighted by Gasteiger charge is 2.12. The Balaban J connectivity index is 1.79. The van der Waals surface area contributed by atoms with Crippen molar-refractivity contribution in [1.82, 2.24) is 4.98 Å². The number of hydrogen-bond acceptors (Lipinski definition) is 4. The van der Waals surface area contributed by atoms with Crippen molar-refractivity contribution in [2.24, 2.45) is 0 Å². The molecule has 2 aromatic carbocycles. The third kappa shape index (κ3) is 3.62. The van der Waals surface area contributed by atoms with Crippen LogP contribution in [0.3, 0.4) is 0 Å². The first kappa shape index (κ1) is 17.0. The molecule has 124 valence electrons. The van der Waals surface area contributed by atoms with Gasteiger partial charge >= 0.3 is 0 Å². The average molecular weight is 357 g/mol. The normalized spacial score (nSPS) is 11.2. The number of hydrogen-bond donors (Lipinski definition) is 1. The monoisotopic (exact) mass is 356 g/mol. The second-order valence-corrected chi connectivity index (χ2v) is 8.69. The first-order valence-electron chi connectivity index (χ1n) is 7.89. The highest BCUT2D eigenvalue weighted by Crippen LogP contribution is 2.31. The van der Waals surface area contributed by atoms with Crippen molar-refractivity contribution in [2.45, 2.75) is 37.8 Å². The summed E-state index contributed by atoms with van der Waals surface area (Å²) in [7, 11) is 0. The SMILES string of the molecule is Cc1ccc(C)c2sc(NC(=O)c3ccc(SC(C)C)cc3)nc12. The summed E-state index contributed by atoms with van der Waals surface area (Å²) in [6.07, 6.45) is 0. The van der Waals surface area contributed by atoms with Crippen LogP contribution in [0.1, 0.15) is 35.3 Å². The Morgan fingerprint density at radius 3 is 2.38 bits per heavy atom. The maximum atomic E-state index is 12.4. The molecule has 0 radical (unpaired) electrons. The molecule has 1 aromatic heterocycles. The number of carbonyl (C=O) groups is 1. The minimum atomic E-state index is -0.120. The van der Waals surface area contributed by atoms with E-state index in [4.69, 9.17) is 0 Å². The minimum Gasteiger partial charge on any atom is -0.298 e. The molecule has 0 bridgehead atoms. The summed E-state index contributed by atoms with van der Waals surface area (Å²) in [4.78, 5) is 18.2. The molecule has 0 aliphatic carbocycles. The van der Waals surface area contributed by atoms with E-state index in [-0.39, 0.29) is 5.91 Å². The number of thioether (sulfide) groups is 1. The van der Waals surface area contributed by atoms with Gasteiger partial charge in [0.15, 0.2) is 5.13 Å². The number of benzene rings is 2. The number of thiazole rings is 1. The van der Waals surface area contributed by atoms with Gasteiger partial charge in [0.05, 0.1) is 10.2 Å². The second-order valence-electron chi connectivity index (χ2n) is 6.04. The van der Waals surface area contributed by atoms with E-state index in [9.17, 15) is 4.79 Å². The van der Waals surface area contributed by atoms with E-state index >= 15 is 0 Å². The Kier molecular flexibility index (Phi) is 4.92. The zero-order chi connectivity index (χ0) is 17.3. The van der Waals surface area contributed by atoms with Crippen molar-refractivity contribution in [3.63, 3.8) is 0 Å². The molecule has 0 saturated carbocycles. The van der Waals surface area contributed by atoms with Gasteiger partial charge in [0.2, 0.25) is 0 Å². The summed E-state index contributed by atoms with van der Waals surface area (Å²) in [5, 5.41) is 4.10. The predicted molar refractivity (Wildman–Crippen MR) is 104 cm³/mol.